The van der Waals surface area contributed by atoms with Crippen LogP contribution in [0.4, 0.5) is 0 Å². The third kappa shape index (κ3) is 5.40. The van der Waals surface area contributed by atoms with Gasteiger partial charge in [-0.15, -0.1) is 0 Å². The molecule has 4 fully saturated rings. The molecule has 4 aliphatic rings. The van der Waals surface area contributed by atoms with Crippen molar-refractivity contribution in [2.45, 2.75) is 63.6 Å². The fourth-order valence-electron chi connectivity index (χ4n) is 7.39. The highest BCUT2D eigenvalue weighted by molar-refractivity contribution is 6.13. The number of rotatable bonds is 12. The first-order chi connectivity index (χ1) is 18.3. The molecule has 4 bridgehead atoms. The smallest absolute Gasteiger partial charge is 0.335 e. The number of aromatic carboxylic acids is 1. The Kier molecular flexibility index (Phi) is 7.68. The monoisotopic (exact) mass is 520 g/mol. The molecule has 4 saturated carbocycles. The molecule has 7 nitrogen and oxygen atoms in total. The first-order valence-corrected chi connectivity index (χ1v) is 13.6. The van der Waals surface area contributed by atoms with Crippen LogP contribution in [0.15, 0.2) is 42.5 Å². The summed E-state index contributed by atoms with van der Waals surface area (Å²) in [6.45, 7) is 2.71. The predicted octanol–water partition coefficient (Wildman–Crippen LogP) is 5.70. The zero-order valence-corrected chi connectivity index (χ0v) is 22.1. The quantitative estimate of drug-likeness (QED) is 0.218. The van der Waals surface area contributed by atoms with Crippen molar-refractivity contribution in [1.82, 2.24) is 0 Å². The van der Waals surface area contributed by atoms with Crippen LogP contribution in [0.2, 0.25) is 0 Å². The first-order valence-electron chi connectivity index (χ1n) is 13.6. The first kappa shape index (κ1) is 26.6. The summed E-state index contributed by atoms with van der Waals surface area (Å²) in [7, 11) is 1.61. The number of ether oxygens (including phenoxy) is 3. The standard InChI is InChI=1S/C31H36O7/c1-3-37-29(18-36-2)38-28-9-8-24(27(33)14-26(32)22-4-6-23(7-5-22)30(34)35)13-25(28)31-15-19-10-20(16-31)12-21(11-19)17-31/h4-9,13,19-21,29H,3,10-12,14-18H2,1-2H3,(H,34,35). The van der Waals surface area contributed by atoms with Gasteiger partial charge in [0.1, 0.15) is 12.4 Å². The summed E-state index contributed by atoms with van der Waals surface area (Å²) >= 11 is 0. The van der Waals surface area contributed by atoms with Crippen LogP contribution in [0.5, 0.6) is 5.75 Å². The molecule has 6 rings (SSSR count). The van der Waals surface area contributed by atoms with Gasteiger partial charge in [0.25, 0.3) is 0 Å². The van der Waals surface area contributed by atoms with Gasteiger partial charge in [-0.2, -0.15) is 0 Å². The Morgan fingerprint density at radius 3 is 2.00 bits per heavy atom. The largest absolute Gasteiger partial charge is 0.478 e. The van der Waals surface area contributed by atoms with E-state index >= 15 is 0 Å². The summed E-state index contributed by atoms with van der Waals surface area (Å²) < 4.78 is 17.4. The molecule has 0 amide bonds. The molecule has 2 aromatic rings. The minimum absolute atomic E-state index is 0.0269. The minimum atomic E-state index is -1.06. The molecule has 0 saturated heterocycles. The van der Waals surface area contributed by atoms with Crippen molar-refractivity contribution in [3.8, 4) is 5.75 Å². The highest BCUT2D eigenvalue weighted by Gasteiger charge is 2.52. The number of carbonyl (C=O) groups excluding carboxylic acids is 2. The number of hydrogen-bond donors (Lipinski definition) is 1. The molecule has 0 radical (unpaired) electrons. The summed E-state index contributed by atoms with van der Waals surface area (Å²) in [5, 5.41) is 9.10. The highest BCUT2D eigenvalue weighted by Crippen LogP contribution is 2.62. The number of ketones is 2. The van der Waals surface area contributed by atoms with Gasteiger partial charge in [0.15, 0.2) is 11.6 Å². The molecule has 202 valence electrons. The maximum atomic E-state index is 13.3. The fraction of sp³-hybridized carbons (Fsp3) is 0.516. The topological polar surface area (TPSA) is 99.1 Å². The molecule has 1 N–H and O–H groups in total. The van der Waals surface area contributed by atoms with Crippen LogP contribution in [0.1, 0.15) is 88.5 Å². The van der Waals surface area contributed by atoms with E-state index in [2.05, 4.69) is 0 Å². The van der Waals surface area contributed by atoms with E-state index < -0.39 is 12.3 Å². The minimum Gasteiger partial charge on any atom is -0.478 e. The van der Waals surface area contributed by atoms with Gasteiger partial charge < -0.3 is 19.3 Å². The third-order valence-electron chi connectivity index (χ3n) is 8.60. The third-order valence-corrected chi connectivity index (χ3v) is 8.60. The molecule has 0 aliphatic heterocycles. The lowest BCUT2D eigenvalue weighted by atomic mass is 9.48. The summed E-state index contributed by atoms with van der Waals surface area (Å²) in [5.41, 5.74) is 1.95. The van der Waals surface area contributed by atoms with Crippen molar-refractivity contribution in [2.75, 3.05) is 20.3 Å². The van der Waals surface area contributed by atoms with Gasteiger partial charge in [-0.05, 0) is 98.9 Å². The lowest BCUT2D eigenvalue weighted by Gasteiger charge is -2.57. The summed E-state index contributed by atoms with van der Waals surface area (Å²) in [6.07, 6.45) is 6.38. The Labute approximate surface area is 223 Å². The van der Waals surface area contributed by atoms with E-state index in [1.165, 1.54) is 43.5 Å². The molecular weight excluding hydrogens is 484 g/mol. The zero-order chi connectivity index (χ0) is 26.9. The fourth-order valence-corrected chi connectivity index (χ4v) is 7.39. The maximum absolute atomic E-state index is 13.3. The van der Waals surface area contributed by atoms with Crippen molar-refractivity contribution >= 4 is 17.5 Å². The summed E-state index contributed by atoms with van der Waals surface area (Å²) in [5.74, 6) is 1.22. The SMILES string of the molecule is CCOC(COC)Oc1ccc(C(=O)CC(=O)c2ccc(C(=O)O)cc2)cc1C12CC3CC(CC(C3)C1)C2. The average Bonchev–Trinajstić information content (AvgIpc) is 2.88. The Morgan fingerprint density at radius 2 is 1.45 bits per heavy atom. The number of carbonyl (C=O) groups is 3. The van der Waals surface area contributed by atoms with Crippen LogP contribution in [0.25, 0.3) is 0 Å². The van der Waals surface area contributed by atoms with Crippen molar-refractivity contribution in [3.05, 3.63) is 64.7 Å². The van der Waals surface area contributed by atoms with Gasteiger partial charge in [-0.25, -0.2) is 4.79 Å². The number of benzene rings is 2. The number of carboxylic acids is 1. The number of hydrogen-bond acceptors (Lipinski definition) is 6. The maximum Gasteiger partial charge on any atom is 0.335 e. The molecule has 38 heavy (non-hydrogen) atoms. The van der Waals surface area contributed by atoms with E-state index in [4.69, 9.17) is 19.3 Å². The van der Waals surface area contributed by atoms with E-state index in [0.29, 0.717) is 42.1 Å². The molecular formula is C31H36O7. The van der Waals surface area contributed by atoms with E-state index in [0.717, 1.165) is 30.6 Å². The van der Waals surface area contributed by atoms with Crippen molar-refractivity contribution in [3.63, 3.8) is 0 Å². The molecule has 7 heteroatoms. The van der Waals surface area contributed by atoms with Gasteiger partial charge in [-0.3, -0.25) is 9.59 Å². The van der Waals surface area contributed by atoms with Crippen LogP contribution in [-0.4, -0.2) is 49.3 Å². The molecule has 0 heterocycles. The molecule has 0 aromatic heterocycles. The van der Waals surface area contributed by atoms with Crippen LogP contribution >= 0.6 is 0 Å². The Hall–Kier alpha value is -3.03. The lowest BCUT2D eigenvalue weighted by Crippen LogP contribution is -2.48. The molecule has 0 spiro atoms. The predicted molar refractivity (Wildman–Crippen MR) is 141 cm³/mol. The molecule has 2 aromatic carbocycles. The van der Waals surface area contributed by atoms with Gasteiger partial charge in [-0.1, -0.05) is 12.1 Å². The van der Waals surface area contributed by atoms with E-state index in [9.17, 15) is 14.4 Å². The van der Waals surface area contributed by atoms with E-state index in [1.54, 1.807) is 13.2 Å². The van der Waals surface area contributed by atoms with E-state index in [1.807, 2.05) is 19.1 Å². The highest BCUT2D eigenvalue weighted by atomic mass is 16.7. The second-order valence-corrected chi connectivity index (χ2v) is 11.3. The Balaban J connectivity index is 1.43. The van der Waals surface area contributed by atoms with Crippen molar-refractivity contribution in [2.24, 2.45) is 17.8 Å². The zero-order valence-electron chi connectivity index (χ0n) is 22.1. The number of carboxylic acid groups (broad SMARTS) is 1. The van der Waals surface area contributed by atoms with Crippen LogP contribution < -0.4 is 4.74 Å². The van der Waals surface area contributed by atoms with Crippen LogP contribution in [0.3, 0.4) is 0 Å². The second-order valence-electron chi connectivity index (χ2n) is 11.3. The number of methoxy groups -OCH3 is 1. The second kappa shape index (κ2) is 11.0. The van der Waals surface area contributed by atoms with Crippen molar-refractivity contribution < 1.29 is 33.7 Å². The molecule has 1 atom stereocenters. The van der Waals surface area contributed by atoms with E-state index in [-0.39, 0.29) is 29.0 Å². The van der Waals surface area contributed by atoms with Gasteiger partial charge in [0, 0.05) is 30.4 Å². The Morgan fingerprint density at radius 1 is 0.895 bits per heavy atom. The molecule has 1 unspecified atom stereocenters. The molecule has 4 aliphatic carbocycles. The normalized spacial score (nSPS) is 26.2. The van der Waals surface area contributed by atoms with Gasteiger partial charge >= 0.3 is 5.97 Å². The summed E-state index contributed by atoms with van der Waals surface area (Å²) in [6, 6.07) is 11.2. The van der Waals surface area contributed by atoms with Crippen LogP contribution in [-0.2, 0) is 14.9 Å². The Bertz CT molecular complexity index is 1160. The lowest BCUT2D eigenvalue weighted by molar-refractivity contribution is -0.112. The average molecular weight is 521 g/mol. The number of Topliss-reactive ketones (excluding diaryl/α,β-unsaturated/α-hetero) is 2. The van der Waals surface area contributed by atoms with Gasteiger partial charge in [0.2, 0.25) is 6.29 Å². The van der Waals surface area contributed by atoms with Crippen molar-refractivity contribution in [1.29, 1.82) is 0 Å². The van der Waals surface area contributed by atoms with Crippen LogP contribution in [0, 0.1) is 17.8 Å². The summed E-state index contributed by atoms with van der Waals surface area (Å²) in [4.78, 5) is 37.3. The van der Waals surface area contributed by atoms with Gasteiger partial charge in [0.05, 0.1) is 12.0 Å².